The Balaban J connectivity index is 1.40. The van der Waals surface area contributed by atoms with Gasteiger partial charge in [-0.05, 0) is 60.7 Å². The number of carbonyl (C=O) groups is 1. The first kappa shape index (κ1) is 18.2. The summed E-state index contributed by atoms with van der Waals surface area (Å²) in [6.45, 7) is 0. The highest BCUT2D eigenvalue weighted by molar-refractivity contribution is 5.99. The zero-order valence-corrected chi connectivity index (χ0v) is 15.6. The highest BCUT2D eigenvalue weighted by atomic mass is 16.5. The van der Waals surface area contributed by atoms with Crippen molar-refractivity contribution in [2.45, 2.75) is 0 Å². The summed E-state index contributed by atoms with van der Waals surface area (Å²) in [4.78, 5) is 12.2. The van der Waals surface area contributed by atoms with E-state index in [0.717, 1.165) is 16.9 Å². The molecular formula is C22H18N4O3. The number of amides is 2. The van der Waals surface area contributed by atoms with E-state index >= 15 is 0 Å². The van der Waals surface area contributed by atoms with Gasteiger partial charge in [0.15, 0.2) is 0 Å². The zero-order chi connectivity index (χ0) is 20.1. The van der Waals surface area contributed by atoms with Crippen LogP contribution in [0.3, 0.4) is 0 Å². The quantitative estimate of drug-likeness (QED) is 0.501. The monoisotopic (exact) mass is 386 g/mol. The average Bonchev–Trinajstić information content (AvgIpc) is 3.26. The van der Waals surface area contributed by atoms with Crippen LogP contribution in [-0.2, 0) is 0 Å². The zero-order valence-electron chi connectivity index (χ0n) is 15.6. The van der Waals surface area contributed by atoms with Crippen molar-refractivity contribution >= 4 is 17.4 Å². The van der Waals surface area contributed by atoms with Gasteiger partial charge in [-0.3, -0.25) is 0 Å². The third kappa shape index (κ3) is 4.41. The molecule has 2 N–H and O–H groups in total. The van der Waals surface area contributed by atoms with Gasteiger partial charge >= 0.3 is 6.03 Å². The van der Waals surface area contributed by atoms with E-state index in [9.17, 15) is 4.79 Å². The molecule has 1 heterocycles. The Hall–Kier alpha value is -4.13. The maximum atomic E-state index is 12.2. The Morgan fingerprint density at radius 3 is 1.83 bits per heavy atom. The summed E-state index contributed by atoms with van der Waals surface area (Å²) in [6, 6.07) is 23.5. The number of carbonyl (C=O) groups excluding carboxylic acids is 1. The number of urea groups is 1. The number of nitrogens with zero attached hydrogens (tertiary/aromatic N) is 2. The highest BCUT2D eigenvalue weighted by Gasteiger charge is 2.10. The Bertz CT molecular complexity index is 1090. The second-order valence-electron chi connectivity index (χ2n) is 6.16. The Kier molecular flexibility index (Phi) is 5.20. The van der Waals surface area contributed by atoms with Crippen molar-refractivity contribution < 1.29 is 13.9 Å². The minimum atomic E-state index is -0.341. The molecule has 1 aromatic heterocycles. The fraction of sp³-hybridized carbons (Fsp3) is 0.0455. The molecule has 144 valence electrons. The topological polar surface area (TPSA) is 89.3 Å². The summed E-state index contributed by atoms with van der Waals surface area (Å²) in [5.41, 5.74) is 2.93. The lowest BCUT2D eigenvalue weighted by Crippen LogP contribution is -2.19. The van der Waals surface area contributed by atoms with Crippen LogP contribution in [0.5, 0.6) is 5.75 Å². The summed E-state index contributed by atoms with van der Waals surface area (Å²) in [7, 11) is 1.59. The van der Waals surface area contributed by atoms with Gasteiger partial charge in [-0.15, -0.1) is 10.2 Å². The van der Waals surface area contributed by atoms with Crippen molar-refractivity contribution in [1.29, 1.82) is 0 Å². The van der Waals surface area contributed by atoms with Crippen LogP contribution in [0.15, 0.2) is 83.3 Å². The number of anilines is 2. The van der Waals surface area contributed by atoms with E-state index < -0.39 is 0 Å². The van der Waals surface area contributed by atoms with E-state index in [2.05, 4.69) is 20.8 Å². The van der Waals surface area contributed by atoms with Crippen molar-refractivity contribution in [1.82, 2.24) is 10.2 Å². The minimum Gasteiger partial charge on any atom is -0.497 e. The average molecular weight is 386 g/mol. The SMILES string of the molecule is COc1ccc(NC(=O)Nc2ccc(-c3nnc(-c4ccccc4)o3)cc2)cc1. The molecule has 0 atom stereocenters. The van der Waals surface area contributed by atoms with Crippen LogP contribution in [-0.4, -0.2) is 23.3 Å². The second kappa shape index (κ2) is 8.26. The van der Waals surface area contributed by atoms with E-state index in [0.29, 0.717) is 23.2 Å². The molecule has 4 aromatic rings. The number of hydrogen-bond donors (Lipinski definition) is 2. The second-order valence-corrected chi connectivity index (χ2v) is 6.16. The molecule has 7 heteroatoms. The van der Waals surface area contributed by atoms with Gasteiger partial charge in [0.05, 0.1) is 7.11 Å². The van der Waals surface area contributed by atoms with Crippen LogP contribution in [0.25, 0.3) is 22.9 Å². The number of rotatable bonds is 5. The van der Waals surface area contributed by atoms with Crippen LogP contribution in [0.4, 0.5) is 16.2 Å². The maximum absolute atomic E-state index is 12.2. The van der Waals surface area contributed by atoms with Crippen LogP contribution >= 0.6 is 0 Å². The first-order valence-corrected chi connectivity index (χ1v) is 8.93. The minimum absolute atomic E-state index is 0.341. The third-order valence-corrected chi connectivity index (χ3v) is 4.18. The number of methoxy groups -OCH3 is 1. The first-order chi connectivity index (χ1) is 14.2. The van der Waals surface area contributed by atoms with E-state index in [1.165, 1.54) is 0 Å². The standard InChI is InChI=1S/C22H18N4O3/c1-28-19-13-11-18(12-14-19)24-22(27)23-17-9-7-16(8-10-17)21-26-25-20(29-21)15-5-3-2-4-6-15/h2-14H,1H3,(H2,23,24,27). The number of ether oxygens (including phenoxy) is 1. The molecule has 0 fully saturated rings. The first-order valence-electron chi connectivity index (χ1n) is 8.93. The smallest absolute Gasteiger partial charge is 0.323 e. The molecular weight excluding hydrogens is 368 g/mol. The van der Waals surface area contributed by atoms with Gasteiger partial charge < -0.3 is 19.8 Å². The fourth-order valence-corrected chi connectivity index (χ4v) is 2.70. The molecule has 0 radical (unpaired) electrons. The van der Waals surface area contributed by atoms with Crippen molar-refractivity contribution in [3.05, 3.63) is 78.9 Å². The molecule has 4 rings (SSSR count). The Morgan fingerprint density at radius 1 is 0.759 bits per heavy atom. The summed E-state index contributed by atoms with van der Waals surface area (Å²) in [5.74, 6) is 1.60. The molecule has 0 aliphatic rings. The van der Waals surface area contributed by atoms with Crippen LogP contribution in [0.1, 0.15) is 0 Å². The maximum Gasteiger partial charge on any atom is 0.323 e. The summed E-state index contributed by atoms with van der Waals surface area (Å²) < 4.78 is 10.8. The largest absolute Gasteiger partial charge is 0.497 e. The molecule has 0 saturated carbocycles. The molecule has 0 unspecified atom stereocenters. The summed E-state index contributed by atoms with van der Waals surface area (Å²) >= 11 is 0. The van der Waals surface area contributed by atoms with Crippen molar-refractivity contribution in [2.24, 2.45) is 0 Å². The normalized spacial score (nSPS) is 10.4. The number of nitrogens with one attached hydrogen (secondary N) is 2. The Labute approximate surface area is 167 Å². The van der Waals surface area contributed by atoms with Crippen molar-refractivity contribution in [2.75, 3.05) is 17.7 Å². The molecule has 3 aromatic carbocycles. The lowest BCUT2D eigenvalue weighted by Gasteiger charge is -2.08. The highest BCUT2D eigenvalue weighted by Crippen LogP contribution is 2.25. The predicted octanol–water partition coefficient (Wildman–Crippen LogP) is 5.06. The van der Waals surface area contributed by atoms with E-state index in [-0.39, 0.29) is 6.03 Å². The number of hydrogen-bond acceptors (Lipinski definition) is 5. The molecule has 0 aliphatic carbocycles. The molecule has 0 saturated heterocycles. The van der Waals surface area contributed by atoms with Crippen LogP contribution in [0.2, 0.25) is 0 Å². The van der Waals surface area contributed by atoms with Crippen molar-refractivity contribution in [3.63, 3.8) is 0 Å². The lowest BCUT2D eigenvalue weighted by molar-refractivity contribution is 0.262. The van der Waals surface area contributed by atoms with Gasteiger partial charge in [-0.1, -0.05) is 18.2 Å². The van der Waals surface area contributed by atoms with Crippen LogP contribution < -0.4 is 15.4 Å². The molecule has 7 nitrogen and oxygen atoms in total. The fourth-order valence-electron chi connectivity index (χ4n) is 2.70. The summed E-state index contributed by atoms with van der Waals surface area (Å²) in [5, 5.41) is 13.7. The third-order valence-electron chi connectivity index (χ3n) is 4.18. The summed E-state index contributed by atoms with van der Waals surface area (Å²) in [6.07, 6.45) is 0. The van der Waals surface area contributed by atoms with Gasteiger partial charge in [0.1, 0.15) is 5.75 Å². The molecule has 0 bridgehead atoms. The molecule has 29 heavy (non-hydrogen) atoms. The van der Waals surface area contributed by atoms with Gasteiger partial charge in [-0.25, -0.2) is 4.79 Å². The van der Waals surface area contributed by atoms with Gasteiger partial charge in [-0.2, -0.15) is 0 Å². The van der Waals surface area contributed by atoms with Gasteiger partial charge in [0.25, 0.3) is 0 Å². The number of benzene rings is 3. The van der Waals surface area contributed by atoms with Crippen molar-refractivity contribution in [3.8, 4) is 28.7 Å². The van der Waals surface area contributed by atoms with E-state index in [4.69, 9.17) is 9.15 Å². The molecule has 0 spiro atoms. The van der Waals surface area contributed by atoms with Gasteiger partial charge in [0.2, 0.25) is 11.8 Å². The predicted molar refractivity (Wildman–Crippen MR) is 111 cm³/mol. The lowest BCUT2D eigenvalue weighted by atomic mass is 10.2. The number of aromatic nitrogens is 2. The Morgan fingerprint density at radius 2 is 1.28 bits per heavy atom. The van der Waals surface area contributed by atoms with Crippen LogP contribution in [0, 0.1) is 0 Å². The molecule has 2 amide bonds. The van der Waals surface area contributed by atoms with E-state index in [1.54, 1.807) is 43.5 Å². The molecule has 0 aliphatic heterocycles. The van der Waals surface area contributed by atoms with E-state index in [1.807, 2.05) is 42.5 Å². The van der Waals surface area contributed by atoms with Gasteiger partial charge in [0, 0.05) is 22.5 Å².